The lowest BCUT2D eigenvalue weighted by molar-refractivity contribution is -0.183. The Hall–Kier alpha value is -3.43. The highest BCUT2D eigenvalue weighted by atomic mass is 32.1. The van der Waals surface area contributed by atoms with Gasteiger partial charge in [0.1, 0.15) is 11.4 Å². The van der Waals surface area contributed by atoms with Gasteiger partial charge in [-0.15, -0.1) is 17.8 Å². The van der Waals surface area contributed by atoms with Crippen molar-refractivity contribution in [2.24, 2.45) is 5.16 Å². The second-order valence-electron chi connectivity index (χ2n) is 5.27. The lowest BCUT2D eigenvalue weighted by atomic mass is 10.0. The van der Waals surface area contributed by atoms with E-state index < -0.39 is 30.1 Å². The molecule has 1 saturated heterocycles. The lowest BCUT2D eigenvalue weighted by Gasteiger charge is -2.47. The van der Waals surface area contributed by atoms with Crippen LogP contribution in [0.3, 0.4) is 0 Å². The van der Waals surface area contributed by atoms with Crippen molar-refractivity contribution in [2.45, 2.75) is 12.3 Å². The van der Waals surface area contributed by atoms with Crippen molar-refractivity contribution in [3.8, 4) is 12.3 Å². The van der Waals surface area contributed by atoms with Crippen LogP contribution in [0.1, 0.15) is 5.69 Å². The maximum Gasteiger partial charge on any atom is 0.352 e. The number of nitrogens with two attached hydrogens (primary N) is 1. The summed E-state index contributed by atoms with van der Waals surface area (Å²) < 4.78 is 5.35. The zero-order chi connectivity index (χ0) is 19.6. The number of rotatable bonds is 6. The summed E-state index contributed by atoms with van der Waals surface area (Å²) in [5, 5.41) is 16.9. The minimum Gasteiger partial charge on any atom is -0.477 e. The number of carbonyl (C=O) groups is 3. The average Bonchev–Trinajstić information content (AvgIpc) is 3.08. The molecule has 12 heteroatoms. The van der Waals surface area contributed by atoms with E-state index in [1.807, 2.05) is 0 Å². The van der Waals surface area contributed by atoms with Crippen LogP contribution in [0.2, 0.25) is 0 Å². The van der Waals surface area contributed by atoms with Gasteiger partial charge in [-0.1, -0.05) is 11.1 Å². The molecule has 2 amide bonds. The highest BCUT2D eigenvalue weighted by Crippen LogP contribution is 2.29. The molecule has 2 aliphatic rings. The zero-order valence-corrected chi connectivity index (χ0v) is 14.4. The molecule has 0 bridgehead atoms. The van der Waals surface area contributed by atoms with Gasteiger partial charge in [0.2, 0.25) is 0 Å². The summed E-state index contributed by atoms with van der Waals surface area (Å²) in [6.07, 6.45) is 5.42. The summed E-state index contributed by atoms with van der Waals surface area (Å²) in [5.74, 6) is -0.459. The maximum atomic E-state index is 12.6. The molecule has 27 heavy (non-hydrogen) atoms. The molecule has 0 unspecified atom stereocenters. The zero-order valence-electron chi connectivity index (χ0n) is 13.6. The SMILES string of the molecule is C#CCO/N=C(\C(=O)N[C@@H]1C(=O)N2C(C(=O)O)=CCO[C@H]12)c1csc(N)n1. The van der Waals surface area contributed by atoms with Crippen LogP contribution >= 0.6 is 11.3 Å². The fraction of sp³-hybridized carbons (Fsp3) is 0.267. The molecule has 0 spiro atoms. The Bertz CT molecular complexity index is 901. The fourth-order valence-electron chi connectivity index (χ4n) is 2.48. The number of carbonyl (C=O) groups excluding carboxylic acids is 2. The summed E-state index contributed by atoms with van der Waals surface area (Å²) in [4.78, 5) is 45.8. The van der Waals surface area contributed by atoms with Crippen molar-refractivity contribution in [3.63, 3.8) is 0 Å². The first-order valence-corrected chi connectivity index (χ1v) is 8.35. The molecule has 1 aromatic rings. The van der Waals surface area contributed by atoms with Crippen molar-refractivity contribution in [3.05, 3.63) is 22.8 Å². The topological polar surface area (TPSA) is 156 Å². The van der Waals surface area contributed by atoms with Gasteiger partial charge in [-0.05, 0) is 6.08 Å². The maximum absolute atomic E-state index is 12.6. The average molecular weight is 391 g/mol. The van der Waals surface area contributed by atoms with E-state index in [9.17, 15) is 14.4 Å². The van der Waals surface area contributed by atoms with Crippen molar-refractivity contribution < 1.29 is 29.1 Å². The Labute approximate surface area is 156 Å². The fourth-order valence-corrected chi connectivity index (χ4v) is 3.03. The molecule has 0 radical (unpaired) electrons. The number of hydrogen-bond donors (Lipinski definition) is 3. The third-order valence-corrected chi connectivity index (χ3v) is 4.31. The lowest BCUT2D eigenvalue weighted by Crippen LogP contribution is -2.72. The second kappa shape index (κ2) is 7.44. The van der Waals surface area contributed by atoms with Crippen LogP contribution in [-0.4, -0.2) is 64.0 Å². The van der Waals surface area contributed by atoms with Gasteiger partial charge >= 0.3 is 5.97 Å². The summed E-state index contributed by atoms with van der Waals surface area (Å²) in [5.41, 5.74) is 5.29. The standard InChI is InChI=1S/C15H13N5O6S/c1-2-4-26-19-9(7-6-27-15(16)17-7)11(21)18-10-12(22)20-8(14(23)24)3-5-25-13(10)20/h1,3,6,10,13H,4-5H2,(H2,16,17)(H,18,21)(H,23,24)/b19-9-/t10-,13-/m1/s1. The number of anilines is 1. The van der Waals surface area contributed by atoms with Crippen molar-refractivity contribution in [1.82, 2.24) is 15.2 Å². The number of ether oxygens (including phenoxy) is 1. The molecule has 2 atom stereocenters. The molecule has 1 aromatic heterocycles. The van der Waals surface area contributed by atoms with E-state index >= 15 is 0 Å². The number of fused-ring (bicyclic) bond motifs is 1. The normalized spacial score (nSPS) is 21.4. The van der Waals surface area contributed by atoms with E-state index in [4.69, 9.17) is 26.8 Å². The molecule has 4 N–H and O–H groups in total. The van der Waals surface area contributed by atoms with Crippen LogP contribution in [0, 0.1) is 12.3 Å². The number of carboxylic acid groups (broad SMARTS) is 1. The summed E-state index contributed by atoms with van der Waals surface area (Å²) in [7, 11) is 0. The Kier molecular flexibility index (Phi) is 5.06. The Morgan fingerprint density at radius 2 is 2.41 bits per heavy atom. The predicted molar refractivity (Wildman–Crippen MR) is 92.1 cm³/mol. The van der Waals surface area contributed by atoms with Gasteiger partial charge in [-0.3, -0.25) is 14.5 Å². The van der Waals surface area contributed by atoms with Crippen molar-refractivity contribution in [1.29, 1.82) is 0 Å². The number of oxime groups is 1. The highest BCUT2D eigenvalue weighted by molar-refractivity contribution is 7.13. The summed E-state index contributed by atoms with van der Waals surface area (Å²) in [6, 6.07) is -1.07. The number of terminal acetylenes is 1. The molecule has 3 heterocycles. The Balaban J connectivity index is 1.76. The van der Waals surface area contributed by atoms with Crippen LogP contribution in [0.5, 0.6) is 0 Å². The Morgan fingerprint density at radius 3 is 3.04 bits per heavy atom. The largest absolute Gasteiger partial charge is 0.477 e. The van der Waals surface area contributed by atoms with Crippen LogP contribution in [0.4, 0.5) is 5.13 Å². The van der Waals surface area contributed by atoms with Gasteiger partial charge in [-0.2, -0.15) is 0 Å². The van der Waals surface area contributed by atoms with Gasteiger partial charge in [0.15, 0.2) is 29.7 Å². The first kappa shape index (κ1) is 18.4. The molecule has 3 rings (SSSR count). The number of aliphatic carboxylic acids is 1. The second-order valence-corrected chi connectivity index (χ2v) is 6.16. The van der Waals surface area contributed by atoms with Crippen molar-refractivity contribution in [2.75, 3.05) is 18.9 Å². The molecular weight excluding hydrogens is 378 g/mol. The van der Waals surface area contributed by atoms with Gasteiger partial charge in [0.25, 0.3) is 11.8 Å². The number of carboxylic acids is 1. The minimum absolute atomic E-state index is 0.00268. The number of nitrogens with one attached hydrogen (secondary N) is 1. The monoisotopic (exact) mass is 391 g/mol. The van der Waals surface area contributed by atoms with E-state index in [1.54, 1.807) is 0 Å². The van der Waals surface area contributed by atoms with Crippen LogP contribution in [0.25, 0.3) is 0 Å². The quantitative estimate of drug-likeness (QED) is 0.178. The molecule has 11 nitrogen and oxygen atoms in total. The molecule has 140 valence electrons. The van der Waals surface area contributed by atoms with Crippen LogP contribution in [-0.2, 0) is 24.0 Å². The van der Waals surface area contributed by atoms with Crippen molar-refractivity contribution >= 4 is 40.0 Å². The first-order chi connectivity index (χ1) is 12.9. The molecular formula is C15H13N5O6S. The van der Waals surface area contributed by atoms with E-state index in [1.165, 1.54) is 11.5 Å². The molecule has 0 aromatic carbocycles. The van der Waals surface area contributed by atoms with Gasteiger partial charge in [-0.25, -0.2) is 9.78 Å². The molecule has 0 aliphatic carbocycles. The minimum atomic E-state index is -1.26. The summed E-state index contributed by atoms with van der Waals surface area (Å²) in [6.45, 7) is -0.178. The van der Waals surface area contributed by atoms with Crippen LogP contribution in [0.15, 0.2) is 22.3 Å². The van der Waals surface area contributed by atoms with E-state index in [0.29, 0.717) is 0 Å². The van der Waals surface area contributed by atoms with Gasteiger partial charge in [0.05, 0.1) is 6.61 Å². The third-order valence-electron chi connectivity index (χ3n) is 3.64. The van der Waals surface area contributed by atoms with E-state index in [0.717, 1.165) is 16.2 Å². The van der Waals surface area contributed by atoms with E-state index in [2.05, 4.69) is 21.4 Å². The molecule has 2 aliphatic heterocycles. The Morgan fingerprint density at radius 1 is 1.63 bits per heavy atom. The predicted octanol–water partition coefficient (Wildman–Crippen LogP) is -1.27. The number of hydrogen-bond acceptors (Lipinski definition) is 9. The summed E-state index contributed by atoms with van der Waals surface area (Å²) >= 11 is 1.09. The molecule has 1 fully saturated rings. The third kappa shape index (κ3) is 3.46. The number of aromatic nitrogens is 1. The first-order valence-electron chi connectivity index (χ1n) is 7.47. The number of nitrogen functional groups attached to an aromatic ring is 1. The number of thiazole rings is 1. The number of nitrogens with zero attached hydrogens (tertiary/aromatic N) is 3. The van der Waals surface area contributed by atoms with Crippen LogP contribution < -0.4 is 11.1 Å². The van der Waals surface area contributed by atoms with Gasteiger partial charge < -0.3 is 25.7 Å². The number of amides is 2. The number of β-lactam (4-membered cyclic amide) rings is 1. The van der Waals surface area contributed by atoms with E-state index in [-0.39, 0.29) is 35.4 Å². The highest BCUT2D eigenvalue weighted by Gasteiger charge is 2.53. The van der Waals surface area contributed by atoms with Gasteiger partial charge in [0, 0.05) is 5.38 Å². The smallest absolute Gasteiger partial charge is 0.352 e. The molecule has 0 saturated carbocycles.